The monoisotopic (exact) mass is 479 g/mol. The SMILES string of the molecule is CSc1cccc(NC(=O)c2cc3ccccc3o/c2=N/NS(=O)(=O)c2ccc(C)cc2)c1. The number of carbonyl (C=O) groups excluding carboxylic acids is 1. The van der Waals surface area contributed by atoms with E-state index in [9.17, 15) is 13.2 Å². The Balaban J connectivity index is 1.74. The fourth-order valence-electron chi connectivity index (χ4n) is 3.09. The molecule has 1 heterocycles. The third-order valence-electron chi connectivity index (χ3n) is 4.83. The summed E-state index contributed by atoms with van der Waals surface area (Å²) in [6, 6.07) is 22.5. The predicted molar refractivity (Wildman–Crippen MR) is 129 cm³/mol. The van der Waals surface area contributed by atoms with E-state index in [1.54, 1.807) is 54.2 Å². The van der Waals surface area contributed by atoms with E-state index in [1.165, 1.54) is 12.1 Å². The number of fused-ring (bicyclic) bond motifs is 1. The Morgan fingerprint density at radius 1 is 0.970 bits per heavy atom. The van der Waals surface area contributed by atoms with E-state index in [2.05, 4.69) is 15.2 Å². The number of nitrogens with one attached hydrogen (secondary N) is 2. The molecule has 33 heavy (non-hydrogen) atoms. The van der Waals surface area contributed by atoms with Gasteiger partial charge in [0.2, 0.25) is 5.55 Å². The van der Waals surface area contributed by atoms with Gasteiger partial charge in [-0.1, -0.05) is 42.0 Å². The molecular formula is C24H21N3O4S2. The number of carbonyl (C=O) groups is 1. The first-order valence-electron chi connectivity index (χ1n) is 9.96. The van der Waals surface area contributed by atoms with Gasteiger partial charge in [-0.05, 0) is 55.6 Å². The number of thioether (sulfide) groups is 1. The number of sulfonamides is 1. The second-order valence-corrected chi connectivity index (χ2v) is 9.75. The van der Waals surface area contributed by atoms with Gasteiger partial charge in [0, 0.05) is 16.0 Å². The summed E-state index contributed by atoms with van der Waals surface area (Å²) in [4.78, 5) is 16.3. The summed E-state index contributed by atoms with van der Waals surface area (Å²) < 4.78 is 31.1. The molecule has 4 rings (SSSR count). The molecule has 0 unspecified atom stereocenters. The van der Waals surface area contributed by atoms with Crippen LogP contribution in [0.4, 0.5) is 5.69 Å². The number of hydrogen-bond donors (Lipinski definition) is 2. The summed E-state index contributed by atoms with van der Waals surface area (Å²) in [5.41, 5.74) is 1.94. The molecule has 1 aromatic heterocycles. The fraction of sp³-hybridized carbons (Fsp3) is 0.0833. The molecule has 0 saturated carbocycles. The lowest BCUT2D eigenvalue weighted by Crippen LogP contribution is -2.27. The van der Waals surface area contributed by atoms with Crippen molar-refractivity contribution in [1.29, 1.82) is 0 Å². The Bertz CT molecular complexity index is 1490. The van der Waals surface area contributed by atoms with Crippen LogP contribution < -0.4 is 15.7 Å². The summed E-state index contributed by atoms with van der Waals surface area (Å²) in [6.07, 6.45) is 1.94. The smallest absolute Gasteiger partial charge is 0.276 e. The predicted octanol–water partition coefficient (Wildman–Crippen LogP) is 4.51. The second-order valence-electron chi connectivity index (χ2n) is 7.21. The number of amides is 1. The molecule has 0 aliphatic carbocycles. The molecule has 0 radical (unpaired) electrons. The molecule has 0 aliphatic rings. The van der Waals surface area contributed by atoms with Crippen LogP contribution in [-0.4, -0.2) is 20.6 Å². The van der Waals surface area contributed by atoms with Crippen LogP contribution in [0.2, 0.25) is 0 Å². The van der Waals surface area contributed by atoms with Gasteiger partial charge in [0.05, 0.1) is 4.90 Å². The molecule has 9 heteroatoms. The lowest BCUT2D eigenvalue weighted by molar-refractivity contribution is 0.102. The van der Waals surface area contributed by atoms with Gasteiger partial charge in [0.15, 0.2) is 0 Å². The molecule has 3 aromatic carbocycles. The van der Waals surface area contributed by atoms with Gasteiger partial charge in [-0.25, -0.2) is 0 Å². The van der Waals surface area contributed by atoms with Gasteiger partial charge >= 0.3 is 0 Å². The molecule has 0 atom stereocenters. The van der Waals surface area contributed by atoms with Crippen molar-refractivity contribution in [3.63, 3.8) is 0 Å². The first-order chi connectivity index (χ1) is 15.9. The van der Waals surface area contributed by atoms with Crippen LogP contribution in [0, 0.1) is 6.92 Å². The van der Waals surface area contributed by atoms with Crippen molar-refractivity contribution >= 4 is 44.3 Å². The third-order valence-corrected chi connectivity index (χ3v) is 6.78. The maximum atomic E-state index is 13.1. The minimum Gasteiger partial charge on any atom is -0.436 e. The number of para-hydroxylation sites is 1. The van der Waals surface area contributed by atoms with Crippen molar-refractivity contribution in [2.75, 3.05) is 11.6 Å². The summed E-state index contributed by atoms with van der Waals surface area (Å²) in [6.45, 7) is 1.86. The number of rotatable bonds is 6. The maximum Gasteiger partial charge on any atom is 0.276 e. The average molecular weight is 480 g/mol. The van der Waals surface area contributed by atoms with Gasteiger partial charge in [-0.2, -0.15) is 13.2 Å². The minimum atomic E-state index is -3.95. The highest BCUT2D eigenvalue weighted by Gasteiger charge is 2.16. The topological polar surface area (TPSA) is 101 Å². The van der Waals surface area contributed by atoms with Crippen molar-refractivity contribution < 1.29 is 17.6 Å². The Labute approximate surface area is 195 Å². The molecule has 0 bridgehead atoms. The van der Waals surface area contributed by atoms with Crippen molar-refractivity contribution in [1.82, 2.24) is 4.83 Å². The highest BCUT2D eigenvalue weighted by Crippen LogP contribution is 2.20. The van der Waals surface area contributed by atoms with E-state index in [1.807, 2.05) is 37.4 Å². The maximum absolute atomic E-state index is 13.1. The summed E-state index contributed by atoms with van der Waals surface area (Å²) in [5.74, 6) is -0.476. The van der Waals surface area contributed by atoms with Crippen LogP contribution in [0.25, 0.3) is 11.0 Å². The van der Waals surface area contributed by atoms with Crippen LogP contribution in [0.3, 0.4) is 0 Å². The quantitative estimate of drug-likeness (QED) is 0.313. The summed E-state index contributed by atoms with van der Waals surface area (Å²) in [7, 11) is -3.95. The molecule has 4 aromatic rings. The van der Waals surface area contributed by atoms with Crippen molar-refractivity contribution in [2.45, 2.75) is 16.7 Å². The third kappa shape index (κ3) is 5.27. The first kappa shape index (κ1) is 22.6. The van der Waals surface area contributed by atoms with Crippen LogP contribution in [0.1, 0.15) is 15.9 Å². The Morgan fingerprint density at radius 2 is 1.73 bits per heavy atom. The second kappa shape index (κ2) is 9.51. The van der Waals surface area contributed by atoms with Crippen molar-refractivity contribution in [3.8, 4) is 0 Å². The van der Waals surface area contributed by atoms with Gasteiger partial charge in [0.1, 0.15) is 11.1 Å². The van der Waals surface area contributed by atoms with Crippen molar-refractivity contribution in [3.05, 3.63) is 95.5 Å². The fourth-order valence-corrected chi connectivity index (χ4v) is 4.35. The Kier molecular flexibility index (Phi) is 6.52. The highest BCUT2D eigenvalue weighted by atomic mass is 32.2. The van der Waals surface area contributed by atoms with E-state index in [0.29, 0.717) is 16.7 Å². The number of aryl methyl sites for hydroxylation is 1. The van der Waals surface area contributed by atoms with Gasteiger partial charge < -0.3 is 9.73 Å². The number of benzene rings is 3. The Morgan fingerprint density at radius 3 is 2.48 bits per heavy atom. The molecule has 0 aliphatic heterocycles. The largest absolute Gasteiger partial charge is 0.436 e. The molecule has 168 valence electrons. The average Bonchev–Trinajstić information content (AvgIpc) is 2.82. The van der Waals surface area contributed by atoms with Gasteiger partial charge in [0.25, 0.3) is 15.9 Å². The van der Waals surface area contributed by atoms with E-state index in [4.69, 9.17) is 4.42 Å². The van der Waals surface area contributed by atoms with E-state index in [0.717, 1.165) is 10.5 Å². The zero-order valence-corrected chi connectivity index (χ0v) is 19.5. The summed E-state index contributed by atoms with van der Waals surface area (Å²) >= 11 is 1.56. The number of nitrogens with zero attached hydrogens (tertiary/aromatic N) is 1. The van der Waals surface area contributed by atoms with E-state index in [-0.39, 0.29) is 16.0 Å². The molecular weight excluding hydrogens is 458 g/mol. The normalized spacial score (nSPS) is 12.0. The minimum absolute atomic E-state index is 0.0533. The zero-order valence-electron chi connectivity index (χ0n) is 17.9. The van der Waals surface area contributed by atoms with Crippen LogP contribution >= 0.6 is 11.8 Å². The first-order valence-corrected chi connectivity index (χ1v) is 12.7. The zero-order chi connectivity index (χ0) is 23.4. The lowest BCUT2D eigenvalue weighted by atomic mass is 10.1. The molecule has 0 saturated heterocycles. The van der Waals surface area contributed by atoms with Crippen LogP contribution in [-0.2, 0) is 10.0 Å². The standard InChI is InChI=1S/C24H21N3O4S2/c1-16-10-12-20(13-11-16)33(29,30)27-26-24-21(14-17-6-3-4-9-22(17)31-24)23(28)25-18-7-5-8-19(15-18)32-2/h3-15,27H,1-2H3,(H,25,28)/b26-24+. The van der Waals surface area contributed by atoms with Gasteiger partial charge in [-0.15, -0.1) is 16.9 Å². The number of anilines is 1. The molecule has 0 fully saturated rings. The number of hydrogen-bond acceptors (Lipinski definition) is 6. The van der Waals surface area contributed by atoms with Crippen LogP contribution in [0.15, 0.2) is 98.2 Å². The van der Waals surface area contributed by atoms with E-state index < -0.39 is 15.9 Å². The Hall–Kier alpha value is -3.56. The van der Waals surface area contributed by atoms with Crippen LogP contribution in [0.5, 0.6) is 0 Å². The molecule has 0 spiro atoms. The molecule has 1 amide bonds. The van der Waals surface area contributed by atoms with Gasteiger partial charge in [-0.3, -0.25) is 4.79 Å². The molecule has 2 N–H and O–H groups in total. The lowest BCUT2D eigenvalue weighted by Gasteiger charge is -2.08. The van der Waals surface area contributed by atoms with E-state index >= 15 is 0 Å². The molecule has 7 nitrogen and oxygen atoms in total. The highest BCUT2D eigenvalue weighted by molar-refractivity contribution is 7.98. The van der Waals surface area contributed by atoms with Crippen molar-refractivity contribution in [2.24, 2.45) is 5.10 Å². The summed E-state index contributed by atoms with van der Waals surface area (Å²) in [5, 5.41) is 7.46.